The Morgan fingerprint density at radius 1 is 1.36 bits per heavy atom. The molecular weight excluding hydrogens is 418 g/mol. The molecule has 0 bridgehead atoms. The third-order valence-electron chi connectivity index (χ3n) is 5.88. The summed E-state index contributed by atoms with van der Waals surface area (Å²) in [7, 11) is 1.72. The Labute approximate surface area is 195 Å². The molecule has 174 valence electrons. The van der Waals surface area contributed by atoms with Crippen LogP contribution in [0.3, 0.4) is 0 Å². The number of nitrogens with zero attached hydrogens (tertiary/aromatic N) is 3. The number of ether oxygens (including phenoxy) is 1. The van der Waals surface area contributed by atoms with Gasteiger partial charge in [-0.25, -0.2) is 4.98 Å². The molecule has 2 heterocycles. The van der Waals surface area contributed by atoms with E-state index in [0.29, 0.717) is 30.6 Å². The monoisotopic (exact) mass is 449 g/mol. The maximum atomic E-state index is 13.4. The SMILES string of the molecule is CC(=O)N(C)C[C@H]1Oc2ncc(C#CCc3ccccc3)cc2C(=O)N([C@@H](C)CO)C[C@H]1C. The number of amides is 2. The number of benzene rings is 1. The van der Waals surface area contributed by atoms with Crippen molar-refractivity contribution in [2.45, 2.75) is 39.3 Å². The van der Waals surface area contributed by atoms with Crippen molar-refractivity contribution in [3.63, 3.8) is 0 Å². The predicted octanol–water partition coefficient (Wildman–Crippen LogP) is 2.37. The summed E-state index contributed by atoms with van der Waals surface area (Å²) < 4.78 is 6.17. The summed E-state index contributed by atoms with van der Waals surface area (Å²) in [4.78, 5) is 32.8. The van der Waals surface area contributed by atoms with Gasteiger partial charge in [-0.3, -0.25) is 9.59 Å². The molecule has 0 fully saturated rings. The summed E-state index contributed by atoms with van der Waals surface area (Å²) in [5.74, 6) is 6.03. The van der Waals surface area contributed by atoms with Gasteiger partial charge in [-0.2, -0.15) is 0 Å². The highest BCUT2D eigenvalue weighted by Crippen LogP contribution is 2.27. The second-order valence-corrected chi connectivity index (χ2v) is 8.56. The Morgan fingerprint density at radius 3 is 2.76 bits per heavy atom. The molecule has 3 atom stereocenters. The number of rotatable bonds is 5. The number of hydrogen-bond donors (Lipinski definition) is 1. The number of aliphatic hydroxyl groups is 1. The Hall–Kier alpha value is -3.37. The zero-order chi connectivity index (χ0) is 24.0. The van der Waals surface area contributed by atoms with Gasteiger partial charge in [-0.15, -0.1) is 0 Å². The van der Waals surface area contributed by atoms with Crippen LogP contribution < -0.4 is 4.74 Å². The highest BCUT2D eigenvalue weighted by atomic mass is 16.5. The fourth-order valence-corrected chi connectivity index (χ4v) is 3.63. The van der Waals surface area contributed by atoms with E-state index in [-0.39, 0.29) is 42.4 Å². The number of fused-ring (bicyclic) bond motifs is 1. The third kappa shape index (κ3) is 6.11. The summed E-state index contributed by atoms with van der Waals surface area (Å²) in [5, 5.41) is 9.75. The molecule has 1 aromatic carbocycles. The molecule has 1 aromatic heterocycles. The lowest BCUT2D eigenvalue weighted by atomic mass is 10.00. The molecule has 2 aromatic rings. The van der Waals surface area contributed by atoms with Crippen LogP contribution in [0.2, 0.25) is 0 Å². The summed E-state index contributed by atoms with van der Waals surface area (Å²) >= 11 is 0. The van der Waals surface area contributed by atoms with E-state index in [0.717, 1.165) is 5.56 Å². The predicted molar refractivity (Wildman–Crippen MR) is 126 cm³/mol. The maximum Gasteiger partial charge on any atom is 0.259 e. The number of hydrogen-bond acceptors (Lipinski definition) is 5. The zero-order valence-electron chi connectivity index (χ0n) is 19.6. The number of pyridine rings is 1. The molecule has 1 N–H and O–H groups in total. The molecule has 0 saturated heterocycles. The van der Waals surface area contributed by atoms with Crippen molar-refractivity contribution >= 4 is 11.8 Å². The Morgan fingerprint density at radius 2 is 2.09 bits per heavy atom. The average Bonchev–Trinajstić information content (AvgIpc) is 2.81. The van der Waals surface area contributed by atoms with Crippen molar-refractivity contribution in [1.82, 2.24) is 14.8 Å². The quantitative estimate of drug-likeness (QED) is 0.709. The van der Waals surface area contributed by atoms with Gasteiger partial charge >= 0.3 is 0 Å². The summed E-state index contributed by atoms with van der Waals surface area (Å²) in [6.07, 6.45) is 1.83. The van der Waals surface area contributed by atoms with Crippen molar-refractivity contribution < 1.29 is 19.4 Å². The van der Waals surface area contributed by atoms with Gasteiger partial charge in [0.05, 0.1) is 19.2 Å². The van der Waals surface area contributed by atoms with Crippen LogP contribution >= 0.6 is 0 Å². The highest BCUT2D eigenvalue weighted by Gasteiger charge is 2.34. The molecule has 33 heavy (non-hydrogen) atoms. The van der Waals surface area contributed by atoms with E-state index in [2.05, 4.69) is 16.8 Å². The molecule has 3 rings (SSSR count). The van der Waals surface area contributed by atoms with Gasteiger partial charge in [0, 0.05) is 44.6 Å². The molecule has 0 aliphatic carbocycles. The molecule has 7 nitrogen and oxygen atoms in total. The van der Waals surface area contributed by atoms with E-state index >= 15 is 0 Å². The smallest absolute Gasteiger partial charge is 0.259 e. The Kier molecular flexibility index (Phi) is 8.07. The summed E-state index contributed by atoms with van der Waals surface area (Å²) in [6.45, 7) is 5.88. The van der Waals surface area contributed by atoms with Gasteiger partial charge in [-0.1, -0.05) is 49.1 Å². The van der Waals surface area contributed by atoms with Crippen LogP contribution in [0.25, 0.3) is 0 Å². The largest absolute Gasteiger partial charge is 0.472 e. The standard InChI is InChI=1S/C26H31N3O4/c1-18-15-29(19(2)17-30)26(32)23-13-22(12-8-11-21-9-6-5-7-10-21)14-27-25(23)33-24(18)16-28(4)20(3)31/h5-7,9-10,13-14,18-19,24,30H,11,15-17H2,1-4H3/t18-,19+,24-/m1/s1. The number of aliphatic hydroxyl groups excluding tert-OH is 1. The molecular formula is C26H31N3O4. The Bertz CT molecular complexity index is 1040. The van der Waals surface area contributed by atoms with Crippen LogP contribution in [-0.4, -0.2) is 70.6 Å². The van der Waals surface area contributed by atoms with Crippen molar-refractivity contribution in [3.8, 4) is 17.7 Å². The number of carbonyl (C=O) groups is 2. The number of aromatic nitrogens is 1. The first-order valence-corrected chi connectivity index (χ1v) is 11.1. The second-order valence-electron chi connectivity index (χ2n) is 8.56. The molecule has 1 aliphatic rings. The normalized spacial score (nSPS) is 18.7. The molecule has 0 spiro atoms. The molecule has 0 saturated carbocycles. The molecule has 1 aliphatic heterocycles. The van der Waals surface area contributed by atoms with Gasteiger partial charge in [0.2, 0.25) is 11.8 Å². The maximum absolute atomic E-state index is 13.4. The van der Waals surface area contributed by atoms with Crippen LogP contribution in [0.5, 0.6) is 5.88 Å². The minimum atomic E-state index is -0.370. The topological polar surface area (TPSA) is 83.0 Å². The number of likely N-dealkylation sites (N-methyl/N-ethyl adjacent to an activating group) is 1. The van der Waals surface area contributed by atoms with Gasteiger partial charge in [0.25, 0.3) is 5.91 Å². The van der Waals surface area contributed by atoms with Crippen LogP contribution in [-0.2, 0) is 11.2 Å². The van der Waals surface area contributed by atoms with E-state index in [9.17, 15) is 14.7 Å². The van der Waals surface area contributed by atoms with Gasteiger partial charge in [0.15, 0.2) is 0 Å². The third-order valence-corrected chi connectivity index (χ3v) is 5.88. The van der Waals surface area contributed by atoms with Crippen molar-refractivity contribution in [2.75, 3.05) is 26.7 Å². The van der Waals surface area contributed by atoms with Gasteiger partial charge in [0.1, 0.15) is 11.7 Å². The molecule has 0 unspecified atom stereocenters. The first-order chi connectivity index (χ1) is 15.8. The first-order valence-electron chi connectivity index (χ1n) is 11.1. The molecule has 7 heteroatoms. The minimum absolute atomic E-state index is 0.0678. The summed E-state index contributed by atoms with van der Waals surface area (Å²) in [6, 6.07) is 11.3. The highest BCUT2D eigenvalue weighted by molar-refractivity contribution is 5.97. The van der Waals surface area contributed by atoms with E-state index < -0.39 is 0 Å². The average molecular weight is 450 g/mol. The minimum Gasteiger partial charge on any atom is -0.472 e. The lowest BCUT2D eigenvalue weighted by Gasteiger charge is -2.37. The van der Waals surface area contributed by atoms with Crippen molar-refractivity contribution in [3.05, 3.63) is 59.3 Å². The van der Waals surface area contributed by atoms with Crippen LogP contribution in [0.1, 0.15) is 42.3 Å². The Balaban J connectivity index is 1.94. The van der Waals surface area contributed by atoms with Crippen LogP contribution in [0.15, 0.2) is 42.6 Å². The van der Waals surface area contributed by atoms with E-state index in [4.69, 9.17) is 4.74 Å². The first kappa shape index (κ1) is 24.3. The number of carbonyl (C=O) groups excluding carboxylic acids is 2. The zero-order valence-corrected chi connectivity index (χ0v) is 19.6. The van der Waals surface area contributed by atoms with E-state index in [1.165, 1.54) is 6.92 Å². The van der Waals surface area contributed by atoms with E-state index in [1.54, 1.807) is 36.0 Å². The van der Waals surface area contributed by atoms with Gasteiger partial charge in [-0.05, 0) is 18.6 Å². The fourth-order valence-electron chi connectivity index (χ4n) is 3.63. The lowest BCUT2D eigenvalue weighted by molar-refractivity contribution is -0.129. The fraction of sp³-hybridized carbons (Fsp3) is 0.423. The van der Waals surface area contributed by atoms with Crippen molar-refractivity contribution in [2.24, 2.45) is 5.92 Å². The van der Waals surface area contributed by atoms with E-state index in [1.807, 2.05) is 37.3 Å². The van der Waals surface area contributed by atoms with Crippen molar-refractivity contribution in [1.29, 1.82) is 0 Å². The van der Waals surface area contributed by atoms with Gasteiger partial charge < -0.3 is 19.6 Å². The molecule has 2 amide bonds. The second kappa shape index (κ2) is 11.0. The van der Waals surface area contributed by atoms with Crippen LogP contribution in [0.4, 0.5) is 0 Å². The lowest BCUT2D eigenvalue weighted by Crippen LogP contribution is -2.50. The van der Waals surface area contributed by atoms with Crippen LogP contribution in [0, 0.1) is 17.8 Å². The molecule has 0 radical (unpaired) electrons. The summed E-state index contributed by atoms with van der Waals surface area (Å²) in [5.41, 5.74) is 2.03.